The Morgan fingerprint density at radius 3 is 2.63 bits per heavy atom. The molecule has 0 fully saturated rings. The molecule has 1 amide bonds. The molecular weight excluding hydrogens is 254 g/mol. The van der Waals surface area contributed by atoms with Gasteiger partial charge in [0.15, 0.2) is 6.61 Å². The molecule has 0 spiro atoms. The summed E-state index contributed by atoms with van der Waals surface area (Å²) in [5.41, 5.74) is 2.99. The van der Waals surface area contributed by atoms with Gasteiger partial charge in [0.25, 0.3) is 5.91 Å². The molecule has 0 unspecified atom stereocenters. The molecule has 0 radical (unpaired) electrons. The summed E-state index contributed by atoms with van der Waals surface area (Å²) in [6, 6.07) is 6.30. The quantitative estimate of drug-likeness (QED) is 0.754. The van der Waals surface area contributed by atoms with Gasteiger partial charge in [-0.15, -0.1) is 10.2 Å². The fourth-order valence-electron chi connectivity index (χ4n) is 1.29. The van der Waals surface area contributed by atoms with Crippen LogP contribution in [0, 0.1) is 0 Å². The Hall–Kier alpha value is -2.74. The first-order chi connectivity index (χ1) is 9.16. The summed E-state index contributed by atoms with van der Waals surface area (Å²) in [6.45, 7) is -0.605. The average Bonchev–Trinajstić information content (AvgIpc) is 2.92. The van der Waals surface area contributed by atoms with Crippen LogP contribution in [0.4, 0.5) is 0 Å². The average molecular weight is 263 g/mol. The van der Waals surface area contributed by atoms with Crippen molar-refractivity contribution in [2.24, 2.45) is 0 Å². The highest BCUT2D eigenvalue weighted by Crippen LogP contribution is 2.16. The normalized spacial score (nSPS) is 10.1. The van der Waals surface area contributed by atoms with Crippen LogP contribution in [0.1, 0.15) is 10.4 Å². The highest BCUT2D eigenvalue weighted by molar-refractivity contribution is 5.93. The van der Waals surface area contributed by atoms with Crippen molar-refractivity contribution in [2.75, 3.05) is 6.61 Å². The van der Waals surface area contributed by atoms with E-state index in [0.29, 0.717) is 17.0 Å². The number of hydrogen-bond donors (Lipinski definition) is 2. The molecule has 19 heavy (non-hydrogen) atoms. The third kappa shape index (κ3) is 3.36. The van der Waals surface area contributed by atoms with E-state index in [1.807, 2.05) is 5.48 Å². The summed E-state index contributed by atoms with van der Waals surface area (Å²) < 4.78 is 5.00. The molecule has 2 rings (SSSR count). The molecule has 8 heteroatoms. The number of hydrogen-bond acceptors (Lipinski definition) is 6. The molecule has 98 valence electrons. The topological polar surface area (TPSA) is 115 Å². The van der Waals surface area contributed by atoms with Crippen LogP contribution < -0.4 is 5.48 Å². The predicted octanol–water partition coefficient (Wildman–Crippen LogP) is 0.483. The highest BCUT2D eigenvalue weighted by atomic mass is 16.7. The number of aliphatic carboxylic acids is 1. The fraction of sp³-hybridized carbons (Fsp3) is 0.0909. The monoisotopic (exact) mass is 263 g/mol. The molecule has 0 atom stereocenters. The van der Waals surface area contributed by atoms with Crippen LogP contribution in [-0.4, -0.2) is 33.8 Å². The Labute approximate surface area is 107 Å². The molecule has 2 aromatic rings. The van der Waals surface area contributed by atoms with Gasteiger partial charge >= 0.3 is 5.97 Å². The lowest BCUT2D eigenvalue weighted by atomic mass is 10.1. The molecule has 0 saturated carbocycles. The van der Waals surface area contributed by atoms with E-state index in [0.717, 1.165) is 0 Å². The number of nitrogens with zero attached hydrogens (tertiary/aromatic N) is 2. The van der Waals surface area contributed by atoms with Gasteiger partial charge in [-0.2, -0.15) is 0 Å². The van der Waals surface area contributed by atoms with Gasteiger partial charge in [-0.1, -0.05) is 0 Å². The first kappa shape index (κ1) is 12.7. The Balaban J connectivity index is 1.98. The number of carbonyl (C=O) groups excluding carboxylic acids is 1. The number of nitrogens with one attached hydrogen (secondary N) is 1. The second-order valence-corrected chi connectivity index (χ2v) is 3.43. The van der Waals surface area contributed by atoms with Crippen molar-refractivity contribution in [3.8, 4) is 11.5 Å². The van der Waals surface area contributed by atoms with Crippen LogP contribution in [0.3, 0.4) is 0 Å². The van der Waals surface area contributed by atoms with Crippen LogP contribution in [0.15, 0.2) is 35.1 Å². The number of aromatic nitrogens is 2. The number of benzene rings is 1. The SMILES string of the molecule is O=C(O)CONC(=O)c1ccc(-c2nnco2)cc1. The smallest absolute Gasteiger partial charge is 0.332 e. The maximum Gasteiger partial charge on any atom is 0.332 e. The van der Waals surface area contributed by atoms with E-state index in [9.17, 15) is 9.59 Å². The standard InChI is InChI=1S/C11H9N3O5/c15-9(16)5-19-14-10(17)7-1-3-8(4-2-7)11-13-12-6-18-11/h1-4,6H,5H2,(H,14,17)(H,15,16). The molecule has 0 aliphatic carbocycles. The van der Waals surface area contributed by atoms with Crippen molar-refractivity contribution in [3.63, 3.8) is 0 Å². The van der Waals surface area contributed by atoms with E-state index >= 15 is 0 Å². The zero-order valence-corrected chi connectivity index (χ0v) is 9.57. The maximum absolute atomic E-state index is 11.5. The summed E-state index contributed by atoms with van der Waals surface area (Å²) >= 11 is 0. The Kier molecular flexibility index (Phi) is 3.84. The van der Waals surface area contributed by atoms with E-state index in [1.54, 1.807) is 12.1 Å². The van der Waals surface area contributed by atoms with Crippen LogP contribution in [0.5, 0.6) is 0 Å². The summed E-state index contributed by atoms with van der Waals surface area (Å²) in [5.74, 6) is -1.38. The van der Waals surface area contributed by atoms with Crippen LogP contribution in [0.2, 0.25) is 0 Å². The van der Waals surface area contributed by atoms with E-state index in [4.69, 9.17) is 9.52 Å². The van der Waals surface area contributed by atoms with Gasteiger partial charge in [-0.05, 0) is 24.3 Å². The van der Waals surface area contributed by atoms with E-state index in [1.165, 1.54) is 18.5 Å². The highest BCUT2D eigenvalue weighted by Gasteiger charge is 2.08. The zero-order valence-electron chi connectivity index (χ0n) is 9.57. The molecule has 0 saturated heterocycles. The number of rotatable bonds is 5. The summed E-state index contributed by atoms with van der Waals surface area (Å²) in [4.78, 5) is 26.2. The Morgan fingerprint density at radius 1 is 1.32 bits per heavy atom. The second kappa shape index (κ2) is 5.74. The lowest BCUT2D eigenvalue weighted by Crippen LogP contribution is -2.26. The molecule has 1 aromatic carbocycles. The molecule has 0 aliphatic rings. The zero-order chi connectivity index (χ0) is 13.7. The Morgan fingerprint density at radius 2 is 2.05 bits per heavy atom. The van der Waals surface area contributed by atoms with Gasteiger partial charge in [0.05, 0.1) is 0 Å². The summed E-state index contributed by atoms with van der Waals surface area (Å²) in [6.07, 6.45) is 1.20. The predicted molar refractivity (Wildman–Crippen MR) is 60.8 cm³/mol. The van der Waals surface area contributed by atoms with Crippen molar-refractivity contribution in [2.45, 2.75) is 0 Å². The van der Waals surface area contributed by atoms with Gasteiger partial charge in [0.2, 0.25) is 12.3 Å². The van der Waals surface area contributed by atoms with Gasteiger partial charge in [0, 0.05) is 11.1 Å². The van der Waals surface area contributed by atoms with E-state index in [2.05, 4.69) is 15.0 Å². The fourth-order valence-corrected chi connectivity index (χ4v) is 1.29. The van der Waals surface area contributed by atoms with Crippen molar-refractivity contribution < 1.29 is 24.0 Å². The molecule has 0 bridgehead atoms. The van der Waals surface area contributed by atoms with E-state index < -0.39 is 18.5 Å². The first-order valence-electron chi connectivity index (χ1n) is 5.17. The third-order valence-electron chi connectivity index (χ3n) is 2.11. The van der Waals surface area contributed by atoms with Crippen molar-refractivity contribution in [1.29, 1.82) is 0 Å². The minimum Gasteiger partial charge on any atom is -0.479 e. The minimum absolute atomic E-state index is 0.314. The first-order valence-corrected chi connectivity index (χ1v) is 5.17. The van der Waals surface area contributed by atoms with Crippen LogP contribution in [-0.2, 0) is 9.63 Å². The Bertz CT molecular complexity index is 565. The van der Waals surface area contributed by atoms with Gasteiger partial charge in [-0.25, -0.2) is 10.3 Å². The number of carbonyl (C=O) groups is 2. The van der Waals surface area contributed by atoms with Gasteiger partial charge in [0.1, 0.15) is 0 Å². The third-order valence-corrected chi connectivity index (χ3v) is 2.11. The molecule has 2 N–H and O–H groups in total. The van der Waals surface area contributed by atoms with Crippen molar-refractivity contribution in [3.05, 3.63) is 36.2 Å². The molecule has 8 nitrogen and oxygen atoms in total. The minimum atomic E-state index is -1.17. The lowest BCUT2D eigenvalue weighted by molar-refractivity contribution is -0.144. The number of carboxylic acid groups (broad SMARTS) is 1. The number of amides is 1. The van der Waals surface area contributed by atoms with E-state index in [-0.39, 0.29) is 0 Å². The largest absolute Gasteiger partial charge is 0.479 e. The molecule has 0 aliphatic heterocycles. The van der Waals surface area contributed by atoms with Crippen LogP contribution in [0.25, 0.3) is 11.5 Å². The van der Waals surface area contributed by atoms with Crippen molar-refractivity contribution >= 4 is 11.9 Å². The summed E-state index contributed by atoms with van der Waals surface area (Å²) in [7, 11) is 0. The summed E-state index contributed by atoms with van der Waals surface area (Å²) in [5, 5.41) is 15.6. The van der Waals surface area contributed by atoms with Gasteiger partial charge < -0.3 is 9.52 Å². The number of hydroxylamine groups is 1. The van der Waals surface area contributed by atoms with Gasteiger partial charge in [-0.3, -0.25) is 9.63 Å². The molecular formula is C11H9N3O5. The van der Waals surface area contributed by atoms with Crippen molar-refractivity contribution in [1.82, 2.24) is 15.7 Å². The van der Waals surface area contributed by atoms with Crippen LogP contribution >= 0.6 is 0 Å². The maximum atomic E-state index is 11.5. The molecule has 1 heterocycles. The molecule has 1 aromatic heterocycles. The lowest BCUT2D eigenvalue weighted by Gasteiger charge is -2.04. The number of carboxylic acids is 1. The second-order valence-electron chi connectivity index (χ2n) is 3.43.